The summed E-state index contributed by atoms with van der Waals surface area (Å²) in [6.07, 6.45) is 21.3. The highest BCUT2D eigenvalue weighted by molar-refractivity contribution is 7.89. The third kappa shape index (κ3) is 34.1. The smallest absolute Gasteiger partial charge is 0.265 e. The van der Waals surface area contributed by atoms with Crippen molar-refractivity contribution >= 4 is 26.1 Å². The molecule has 3 N–H and O–H groups in total. The molecule has 0 bridgehead atoms. The van der Waals surface area contributed by atoms with Crippen LogP contribution in [0.4, 0.5) is 0 Å². The Morgan fingerprint density at radius 2 is 0.903 bits per heavy atom. The molecule has 0 spiro atoms. The van der Waals surface area contributed by atoms with Crippen LogP contribution in [0.25, 0.3) is 0 Å². The normalized spacial score (nSPS) is 11.6. The van der Waals surface area contributed by atoms with E-state index in [4.69, 9.17) is 9.11 Å². The van der Waals surface area contributed by atoms with Gasteiger partial charge in [0.15, 0.2) is 0 Å². The van der Waals surface area contributed by atoms with E-state index in [9.17, 15) is 21.6 Å². The van der Waals surface area contributed by atoms with E-state index >= 15 is 0 Å². The van der Waals surface area contributed by atoms with Crippen molar-refractivity contribution in [3.8, 4) is 0 Å². The van der Waals surface area contributed by atoms with E-state index < -0.39 is 31.7 Å². The maximum atomic E-state index is 11.0. The highest BCUT2D eigenvalue weighted by atomic mass is 32.2. The lowest BCUT2D eigenvalue weighted by molar-refractivity contribution is -0.120. The van der Waals surface area contributed by atoms with Gasteiger partial charge in [-0.15, -0.1) is 0 Å². The first-order chi connectivity index (χ1) is 14.5. The van der Waals surface area contributed by atoms with Crippen molar-refractivity contribution in [2.24, 2.45) is 0 Å². The average Bonchev–Trinajstić information content (AvgIpc) is 2.68. The Balaban J connectivity index is 0. The Hall–Kier alpha value is -0.710. The first kappa shape index (κ1) is 32.5. The molecule has 0 aliphatic carbocycles. The Labute approximate surface area is 190 Å². The summed E-state index contributed by atoms with van der Waals surface area (Å²) in [7, 11) is -6.88. The summed E-state index contributed by atoms with van der Waals surface area (Å²) in [6.45, 7) is 2.28. The second kappa shape index (κ2) is 21.2. The van der Waals surface area contributed by atoms with E-state index in [0.717, 1.165) is 6.42 Å². The number of carbonyl (C=O) groups excluding carboxylic acids is 1. The second-order valence-electron chi connectivity index (χ2n) is 7.95. The molecule has 0 aromatic carbocycles. The zero-order chi connectivity index (χ0) is 24.0. The van der Waals surface area contributed by atoms with Crippen molar-refractivity contribution < 1.29 is 30.7 Å². The molecule has 0 saturated heterocycles. The molecule has 10 heteroatoms. The SMILES string of the molecule is CCCCCCCCCCCCCCCCCC(=O)NC.O=S(=O)(O)CCS(=O)(=O)O. The van der Waals surface area contributed by atoms with Gasteiger partial charge < -0.3 is 5.32 Å². The maximum absolute atomic E-state index is 11.0. The Kier molecular flexibility index (Phi) is 22.2. The summed E-state index contributed by atoms with van der Waals surface area (Å²) in [5.74, 6) is -1.78. The number of carbonyl (C=O) groups is 1. The molecule has 188 valence electrons. The third-order valence-corrected chi connectivity index (χ3v) is 6.58. The molecule has 0 radical (unpaired) electrons. The van der Waals surface area contributed by atoms with E-state index in [1.807, 2.05) is 0 Å². The number of hydrogen-bond donors (Lipinski definition) is 3. The highest BCUT2D eigenvalue weighted by Gasteiger charge is 2.11. The molecule has 0 aliphatic rings. The molecule has 0 aromatic heterocycles. The fourth-order valence-corrected chi connectivity index (χ4v) is 4.68. The lowest BCUT2D eigenvalue weighted by atomic mass is 10.0. The van der Waals surface area contributed by atoms with Gasteiger partial charge in [0.1, 0.15) is 0 Å². The monoisotopic (exact) mass is 487 g/mol. The predicted molar refractivity (Wildman–Crippen MR) is 126 cm³/mol. The summed E-state index contributed by atoms with van der Waals surface area (Å²) < 4.78 is 55.4. The number of hydrogen-bond acceptors (Lipinski definition) is 5. The van der Waals surface area contributed by atoms with Gasteiger partial charge in [0.05, 0.1) is 11.5 Å². The standard InChI is InChI=1S/C19H39NO.C2H6O6S2/c1-3-4-5-6-7-8-9-10-11-12-13-14-15-16-17-18-19(21)20-2;3-9(4,5)1-2-10(6,7)8/h3-18H2,1-2H3,(H,20,21);1-2H2,(H,3,4,5)(H,6,7,8). The largest absolute Gasteiger partial charge is 0.359 e. The summed E-state index contributed by atoms with van der Waals surface area (Å²) >= 11 is 0. The molecule has 0 atom stereocenters. The predicted octanol–water partition coefficient (Wildman–Crippen LogP) is 4.76. The van der Waals surface area contributed by atoms with E-state index in [-0.39, 0.29) is 5.91 Å². The first-order valence-corrected chi connectivity index (χ1v) is 14.8. The fraction of sp³-hybridized carbons (Fsp3) is 0.952. The summed E-state index contributed by atoms with van der Waals surface area (Å²) in [5, 5.41) is 2.68. The van der Waals surface area contributed by atoms with Crippen LogP contribution in [0.5, 0.6) is 0 Å². The number of amides is 1. The zero-order valence-electron chi connectivity index (χ0n) is 19.5. The van der Waals surface area contributed by atoms with Gasteiger partial charge in [-0.3, -0.25) is 13.9 Å². The molecule has 0 unspecified atom stereocenters. The molecular formula is C21H45NO7S2. The van der Waals surface area contributed by atoms with Crippen molar-refractivity contribution in [2.45, 2.75) is 110 Å². The van der Waals surface area contributed by atoms with Crippen LogP contribution >= 0.6 is 0 Å². The second-order valence-corrected chi connectivity index (χ2v) is 11.1. The van der Waals surface area contributed by atoms with Crippen LogP contribution < -0.4 is 5.32 Å². The van der Waals surface area contributed by atoms with E-state index in [1.54, 1.807) is 7.05 Å². The van der Waals surface area contributed by atoms with Gasteiger partial charge in [0, 0.05) is 13.5 Å². The van der Waals surface area contributed by atoms with Crippen molar-refractivity contribution in [1.29, 1.82) is 0 Å². The molecular weight excluding hydrogens is 442 g/mol. The van der Waals surface area contributed by atoms with Gasteiger partial charge in [0.2, 0.25) is 5.91 Å². The minimum atomic E-state index is -4.30. The van der Waals surface area contributed by atoms with Gasteiger partial charge in [-0.2, -0.15) is 16.8 Å². The van der Waals surface area contributed by atoms with Gasteiger partial charge in [-0.05, 0) is 6.42 Å². The van der Waals surface area contributed by atoms with E-state index in [1.165, 1.54) is 89.9 Å². The topological polar surface area (TPSA) is 138 Å². The van der Waals surface area contributed by atoms with Gasteiger partial charge in [0.25, 0.3) is 20.2 Å². The molecule has 0 saturated carbocycles. The summed E-state index contributed by atoms with van der Waals surface area (Å²) in [6, 6.07) is 0. The van der Waals surface area contributed by atoms with Gasteiger partial charge >= 0.3 is 0 Å². The molecule has 8 nitrogen and oxygen atoms in total. The minimum Gasteiger partial charge on any atom is -0.359 e. The first-order valence-electron chi connectivity index (χ1n) is 11.6. The zero-order valence-corrected chi connectivity index (χ0v) is 21.1. The molecule has 0 aromatic rings. The molecule has 1 amide bonds. The quantitative estimate of drug-likeness (QED) is 0.176. The molecule has 31 heavy (non-hydrogen) atoms. The highest BCUT2D eigenvalue weighted by Crippen LogP contribution is 2.13. The molecule has 0 fully saturated rings. The average molecular weight is 488 g/mol. The molecule has 0 heterocycles. The van der Waals surface area contributed by atoms with E-state index in [2.05, 4.69) is 12.2 Å². The van der Waals surface area contributed by atoms with Crippen LogP contribution in [0.2, 0.25) is 0 Å². The van der Waals surface area contributed by atoms with Gasteiger partial charge in [-0.1, -0.05) is 96.8 Å². The van der Waals surface area contributed by atoms with Crippen LogP contribution in [0.15, 0.2) is 0 Å². The maximum Gasteiger partial charge on any atom is 0.265 e. The van der Waals surface area contributed by atoms with Gasteiger partial charge in [-0.25, -0.2) is 0 Å². The van der Waals surface area contributed by atoms with Crippen LogP contribution in [0.3, 0.4) is 0 Å². The third-order valence-electron chi connectivity index (χ3n) is 4.89. The fourth-order valence-electron chi connectivity index (χ4n) is 2.99. The number of unbranched alkanes of at least 4 members (excludes halogenated alkanes) is 14. The van der Waals surface area contributed by atoms with Crippen molar-refractivity contribution in [1.82, 2.24) is 5.32 Å². The number of rotatable bonds is 19. The van der Waals surface area contributed by atoms with Crippen LogP contribution in [0.1, 0.15) is 110 Å². The Morgan fingerprint density at radius 3 is 1.16 bits per heavy atom. The lowest BCUT2D eigenvalue weighted by Crippen LogP contribution is -2.16. The van der Waals surface area contributed by atoms with Crippen LogP contribution in [0, 0.1) is 0 Å². The Morgan fingerprint density at radius 1 is 0.613 bits per heavy atom. The van der Waals surface area contributed by atoms with Crippen LogP contribution in [-0.2, 0) is 25.0 Å². The Bertz CT molecular complexity index is 588. The van der Waals surface area contributed by atoms with Crippen LogP contribution in [-0.4, -0.2) is 50.4 Å². The summed E-state index contributed by atoms with van der Waals surface area (Å²) in [5.41, 5.74) is 0. The van der Waals surface area contributed by atoms with E-state index in [0.29, 0.717) is 6.42 Å². The lowest BCUT2D eigenvalue weighted by Gasteiger charge is -2.03. The van der Waals surface area contributed by atoms with Crippen molar-refractivity contribution in [3.63, 3.8) is 0 Å². The summed E-state index contributed by atoms with van der Waals surface area (Å²) in [4.78, 5) is 11.0. The molecule has 0 rings (SSSR count). The minimum absolute atomic E-state index is 0.185. The number of nitrogens with one attached hydrogen (secondary N) is 1. The van der Waals surface area contributed by atoms with Crippen molar-refractivity contribution in [3.05, 3.63) is 0 Å². The molecule has 0 aliphatic heterocycles. The van der Waals surface area contributed by atoms with Crippen molar-refractivity contribution in [2.75, 3.05) is 18.6 Å².